The predicted octanol–water partition coefficient (Wildman–Crippen LogP) is 3.12. The lowest BCUT2D eigenvalue weighted by Crippen LogP contribution is -2.27. The van der Waals surface area contributed by atoms with Crippen molar-refractivity contribution in [1.82, 2.24) is 25.1 Å². The van der Waals surface area contributed by atoms with Crippen LogP contribution < -0.4 is 16.4 Å². The highest BCUT2D eigenvalue weighted by molar-refractivity contribution is 5.95. The van der Waals surface area contributed by atoms with Crippen LogP contribution in [-0.4, -0.2) is 43.9 Å². The molecule has 1 saturated heterocycles. The van der Waals surface area contributed by atoms with Crippen LogP contribution in [0.1, 0.15) is 41.7 Å². The largest absolute Gasteiger partial charge is 0.382 e. The highest BCUT2D eigenvalue weighted by atomic mass is 19.1. The Labute approximate surface area is 205 Å². The summed E-state index contributed by atoms with van der Waals surface area (Å²) < 4.78 is 28.7. The maximum atomic E-state index is 13.5. The normalized spacial score (nSPS) is 15.2. The number of nitrogens with one attached hydrogen (secondary N) is 2. The second-order valence-corrected chi connectivity index (χ2v) is 8.87. The average Bonchev–Trinajstić information content (AvgIpc) is 3.24. The Morgan fingerprint density at radius 2 is 1.89 bits per heavy atom. The zero-order chi connectivity index (χ0) is 25.4. The van der Waals surface area contributed by atoms with Gasteiger partial charge in [0, 0.05) is 17.7 Å². The summed E-state index contributed by atoms with van der Waals surface area (Å²) in [7, 11) is 0. The third-order valence-electron chi connectivity index (χ3n) is 6.38. The molecule has 1 aliphatic rings. The number of nitrogens with two attached hydrogens (primary N) is 1. The summed E-state index contributed by atoms with van der Waals surface area (Å²) in [5.74, 6) is -2.01. The van der Waals surface area contributed by atoms with Gasteiger partial charge >= 0.3 is 0 Å². The van der Waals surface area contributed by atoms with Crippen molar-refractivity contribution in [2.75, 3.05) is 24.1 Å². The van der Waals surface area contributed by atoms with Crippen molar-refractivity contribution in [3.8, 4) is 5.69 Å². The number of rotatable bonds is 5. The van der Waals surface area contributed by atoms with Gasteiger partial charge in [-0.2, -0.15) is 5.10 Å². The molecular weight excluding hydrogens is 468 g/mol. The third-order valence-corrected chi connectivity index (χ3v) is 6.38. The van der Waals surface area contributed by atoms with Crippen LogP contribution in [0.15, 0.2) is 42.7 Å². The summed E-state index contributed by atoms with van der Waals surface area (Å²) in [5, 5.41) is 21.1. The van der Waals surface area contributed by atoms with E-state index in [4.69, 9.17) is 10.8 Å². The van der Waals surface area contributed by atoms with Gasteiger partial charge in [0.2, 0.25) is 0 Å². The number of aryl methyl sites for hydroxylation is 1. The summed E-state index contributed by atoms with van der Waals surface area (Å²) in [6.45, 7) is 3.66. The molecule has 0 aliphatic carbocycles. The Bertz CT molecular complexity index is 1430. The molecular formula is C25H25F2N7O2. The highest BCUT2D eigenvalue weighted by Gasteiger charge is 2.25. The van der Waals surface area contributed by atoms with Crippen LogP contribution in [0.4, 0.5) is 20.3 Å². The summed E-state index contributed by atoms with van der Waals surface area (Å²) in [5.41, 5.74) is 10.2. The van der Waals surface area contributed by atoms with Crippen LogP contribution in [-0.2, 0) is 4.79 Å². The Balaban J connectivity index is 1.45. The number of hydrogen-bond acceptors (Lipinski definition) is 7. The van der Waals surface area contributed by atoms with Crippen molar-refractivity contribution >= 4 is 28.4 Å². The van der Waals surface area contributed by atoms with Crippen molar-refractivity contribution in [3.05, 3.63) is 71.2 Å². The van der Waals surface area contributed by atoms with E-state index < -0.39 is 23.6 Å². The van der Waals surface area contributed by atoms with Gasteiger partial charge in [-0.1, -0.05) is 0 Å². The van der Waals surface area contributed by atoms with E-state index in [1.54, 1.807) is 22.9 Å². The molecule has 2 aromatic heterocycles. The third kappa shape index (κ3) is 4.50. The molecule has 4 aromatic rings. The van der Waals surface area contributed by atoms with Gasteiger partial charge in [-0.15, -0.1) is 0 Å². The molecule has 0 saturated carbocycles. The Hall–Kier alpha value is -3.96. The smallest absolute Gasteiger partial charge is 0.257 e. The molecule has 0 unspecified atom stereocenters. The van der Waals surface area contributed by atoms with Gasteiger partial charge in [0.1, 0.15) is 29.0 Å². The molecule has 1 aliphatic heterocycles. The molecule has 5 N–H and O–H groups in total. The molecule has 36 heavy (non-hydrogen) atoms. The minimum Gasteiger partial charge on any atom is -0.382 e. The maximum Gasteiger partial charge on any atom is 0.257 e. The fourth-order valence-corrected chi connectivity index (χ4v) is 4.60. The van der Waals surface area contributed by atoms with E-state index in [9.17, 15) is 18.7 Å². The summed E-state index contributed by atoms with van der Waals surface area (Å²) in [6, 6.07) is 7.63. The molecule has 2 aromatic carbocycles. The van der Waals surface area contributed by atoms with E-state index in [-0.39, 0.29) is 11.5 Å². The van der Waals surface area contributed by atoms with Crippen molar-refractivity contribution in [3.63, 3.8) is 0 Å². The second kappa shape index (κ2) is 9.59. The number of anilines is 2. The minimum absolute atomic E-state index is 0.178. The van der Waals surface area contributed by atoms with Crippen molar-refractivity contribution in [2.45, 2.75) is 31.8 Å². The van der Waals surface area contributed by atoms with Crippen molar-refractivity contribution in [1.29, 1.82) is 0 Å². The number of hydrogen-bond donors (Lipinski definition) is 4. The molecule has 9 nitrogen and oxygen atoms in total. The van der Waals surface area contributed by atoms with E-state index in [0.29, 0.717) is 23.1 Å². The number of carbonyl (C=O) groups is 1. The first-order chi connectivity index (χ1) is 17.3. The number of piperidine rings is 1. The molecule has 3 heterocycles. The quantitative estimate of drug-likeness (QED) is 0.336. The van der Waals surface area contributed by atoms with Crippen molar-refractivity contribution < 1.29 is 18.7 Å². The molecule has 186 valence electrons. The Kier molecular flexibility index (Phi) is 6.33. The van der Waals surface area contributed by atoms with Crippen LogP contribution in [0, 0.1) is 18.6 Å². The number of aliphatic hydroxyl groups excluding tert-OH is 1. The van der Waals surface area contributed by atoms with Gasteiger partial charge in [-0.3, -0.25) is 4.79 Å². The van der Waals surface area contributed by atoms with E-state index >= 15 is 0 Å². The number of nitrogen functional groups attached to an aromatic ring is 1. The van der Waals surface area contributed by atoms with E-state index in [1.165, 1.54) is 6.33 Å². The zero-order valence-corrected chi connectivity index (χ0v) is 19.5. The molecule has 11 heteroatoms. The number of benzene rings is 2. The van der Waals surface area contributed by atoms with Crippen LogP contribution >= 0.6 is 0 Å². The number of aliphatic hydroxyl groups is 1. The standard InChI is InChI=1S/C25H25F2N7O2/c1-13-8-18(32-25(36)23(35)15-9-16(26)11-17(27)10-15)2-3-19(13)34-22-21(30-12-31-24(22)28)20(33-34)14-4-6-29-7-5-14/h2-3,8-12,14,23,29,35H,4-7H2,1H3,(H,32,36)(H2,28,30,31)/t23-/m1/s1. The molecule has 1 fully saturated rings. The fourth-order valence-electron chi connectivity index (χ4n) is 4.60. The fraction of sp³-hybridized carbons (Fsp3) is 0.280. The van der Waals surface area contributed by atoms with Crippen LogP contribution in [0.5, 0.6) is 0 Å². The van der Waals surface area contributed by atoms with Gasteiger partial charge in [-0.25, -0.2) is 23.4 Å². The van der Waals surface area contributed by atoms with Crippen LogP contribution in [0.2, 0.25) is 0 Å². The molecule has 1 atom stereocenters. The number of fused-ring (bicyclic) bond motifs is 1. The van der Waals surface area contributed by atoms with Gasteiger partial charge in [0.15, 0.2) is 11.9 Å². The summed E-state index contributed by atoms with van der Waals surface area (Å²) in [6.07, 6.45) is 1.58. The first kappa shape index (κ1) is 23.8. The maximum absolute atomic E-state index is 13.5. The lowest BCUT2D eigenvalue weighted by Gasteiger charge is -2.20. The minimum atomic E-state index is -1.74. The van der Waals surface area contributed by atoms with Gasteiger partial charge in [0.05, 0.1) is 11.4 Å². The lowest BCUT2D eigenvalue weighted by atomic mass is 9.94. The first-order valence-corrected chi connectivity index (χ1v) is 11.6. The Morgan fingerprint density at radius 1 is 1.17 bits per heavy atom. The number of aromatic nitrogens is 4. The summed E-state index contributed by atoms with van der Waals surface area (Å²) in [4.78, 5) is 21.2. The molecule has 5 rings (SSSR count). The number of nitrogens with zero attached hydrogens (tertiary/aromatic N) is 4. The second-order valence-electron chi connectivity index (χ2n) is 8.87. The van der Waals surface area contributed by atoms with Gasteiger partial charge in [0.25, 0.3) is 5.91 Å². The molecule has 1 amide bonds. The predicted molar refractivity (Wildman–Crippen MR) is 131 cm³/mol. The topological polar surface area (TPSA) is 131 Å². The number of carbonyl (C=O) groups excluding carboxylic acids is 1. The SMILES string of the molecule is Cc1cc(NC(=O)[C@H](O)c2cc(F)cc(F)c2)ccc1-n1nc(C2CCNCC2)c2ncnc(N)c21. The molecule has 0 bridgehead atoms. The monoisotopic (exact) mass is 493 g/mol. The zero-order valence-electron chi connectivity index (χ0n) is 19.5. The molecule has 0 spiro atoms. The summed E-state index contributed by atoms with van der Waals surface area (Å²) >= 11 is 0. The number of halogens is 2. The number of amides is 1. The Morgan fingerprint density at radius 3 is 2.58 bits per heavy atom. The van der Waals surface area contributed by atoms with E-state index in [0.717, 1.165) is 60.5 Å². The van der Waals surface area contributed by atoms with E-state index in [2.05, 4.69) is 20.6 Å². The highest BCUT2D eigenvalue weighted by Crippen LogP contribution is 2.33. The van der Waals surface area contributed by atoms with Crippen LogP contribution in [0.25, 0.3) is 16.7 Å². The van der Waals surface area contributed by atoms with Gasteiger partial charge in [-0.05, 0) is 74.3 Å². The van der Waals surface area contributed by atoms with Crippen LogP contribution in [0.3, 0.4) is 0 Å². The molecule has 0 radical (unpaired) electrons. The van der Waals surface area contributed by atoms with E-state index in [1.807, 2.05) is 6.92 Å². The van der Waals surface area contributed by atoms with Crippen molar-refractivity contribution in [2.24, 2.45) is 0 Å². The lowest BCUT2D eigenvalue weighted by molar-refractivity contribution is -0.124. The van der Waals surface area contributed by atoms with Gasteiger partial charge < -0.3 is 21.5 Å². The average molecular weight is 494 g/mol. The first-order valence-electron chi connectivity index (χ1n) is 11.6.